The number of rotatable bonds is 5. The molecule has 4 rings (SSSR count). The monoisotopic (exact) mass is 398 g/mol. The summed E-state index contributed by atoms with van der Waals surface area (Å²) in [4.78, 5) is 25.5. The predicted molar refractivity (Wildman–Crippen MR) is 114 cm³/mol. The number of carbonyl (C=O) groups is 1. The quantitative estimate of drug-likeness (QED) is 0.711. The van der Waals surface area contributed by atoms with Crippen molar-refractivity contribution in [2.24, 2.45) is 0 Å². The minimum Gasteiger partial charge on any atom is -0.339 e. The lowest BCUT2D eigenvalue weighted by molar-refractivity contribution is 0.0622. The molecule has 150 valence electrons. The maximum Gasteiger partial charge on any atom is 0.272 e. The van der Waals surface area contributed by atoms with Crippen molar-refractivity contribution in [2.75, 3.05) is 31.5 Å². The molecule has 1 fully saturated rings. The second kappa shape index (κ2) is 9.16. The molecule has 0 spiro atoms. The largest absolute Gasteiger partial charge is 0.339 e. The van der Waals surface area contributed by atoms with Crippen molar-refractivity contribution in [3.8, 4) is 6.07 Å². The average Bonchev–Trinajstić information content (AvgIpc) is 2.80. The van der Waals surface area contributed by atoms with E-state index in [2.05, 4.69) is 38.4 Å². The van der Waals surface area contributed by atoms with Crippen LogP contribution in [0.1, 0.15) is 21.6 Å². The van der Waals surface area contributed by atoms with Crippen molar-refractivity contribution in [2.45, 2.75) is 6.54 Å². The first-order chi connectivity index (χ1) is 14.7. The van der Waals surface area contributed by atoms with Crippen LogP contribution < -0.4 is 5.32 Å². The Hall–Kier alpha value is -3.76. The Balaban J connectivity index is 1.38. The van der Waals surface area contributed by atoms with Crippen molar-refractivity contribution in [3.63, 3.8) is 0 Å². The number of amides is 1. The lowest BCUT2D eigenvalue weighted by atomic mass is 10.2. The molecule has 0 radical (unpaired) electrons. The molecule has 3 aromatic rings. The number of para-hydroxylation sites is 1. The fourth-order valence-electron chi connectivity index (χ4n) is 3.48. The maximum absolute atomic E-state index is 12.9. The van der Waals surface area contributed by atoms with Gasteiger partial charge in [0.05, 0.1) is 11.3 Å². The minimum atomic E-state index is -0.103. The molecule has 1 N–H and O–H groups in total. The molecular weight excluding hydrogens is 376 g/mol. The van der Waals surface area contributed by atoms with Gasteiger partial charge in [-0.15, -0.1) is 0 Å². The molecule has 30 heavy (non-hydrogen) atoms. The van der Waals surface area contributed by atoms with Gasteiger partial charge in [0.2, 0.25) is 0 Å². The van der Waals surface area contributed by atoms with E-state index in [1.807, 2.05) is 29.2 Å². The molecule has 7 nitrogen and oxygen atoms in total. The number of benzene rings is 2. The van der Waals surface area contributed by atoms with E-state index < -0.39 is 0 Å². The van der Waals surface area contributed by atoms with Crippen LogP contribution in [0.4, 0.5) is 11.5 Å². The molecule has 1 aromatic heterocycles. The topological polar surface area (TPSA) is 85.2 Å². The molecule has 0 aliphatic carbocycles. The van der Waals surface area contributed by atoms with Crippen molar-refractivity contribution >= 4 is 17.4 Å². The molecule has 0 atom stereocenters. The number of hydrogen-bond acceptors (Lipinski definition) is 6. The third-order valence-electron chi connectivity index (χ3n) is 5.10. The van der Waals surface area contributed by atoms with Crippen molar-refractivity contribution in [3.05, 3.63) is 83.8 Å². The Morgan fingerprint density at radius 3 is 2.50 bits per heavy atom. The predicted octanol–water partition coefficient (Wildman–Crippen LogP) is 3.05. The first-order valence-corrected chi connectivity index (χ1v) is 9.87. The van der Waals surface area contributed by atoms with E-state index in [0.717, 1.165) is 19.6 Å². The summed E-state index contributed by atoms with van der Waals surface area (Å²) in [5, 5.41) is 12.3. The first-order valence-electron chi connectivity index (χ1n) is 9.87. The number of hydrogen-bond donors (Lipinski definition) is 1. The molecule has 1 aliphatic rings. The van der Waals surface area contributed by atoms with Gasteiger partial charge in [0.1, 0.15) is 23.9 Å². The molecule has 1 amide bonds. The van der Waals surface area contributed by atoms with Crippen LogP contribution in [0.15, 0.2) is 67.0 Å². The Morgan fingerprint density at radius 1 is 1.00 bits per heavy atom. The lowest BCUT2D eigenvalue weighted by Crippen LogP contribution is -2.48. The standard InChI is InChI=1S/C23H22N6O/c24-15-19-8-4-5-9-20(19)27-22-14-21(25-17-26-22)23(30)29-12-10-28(11-13-29)16-18-6-2-1-3-7-18/h1-9,14,17H,10-13,16H2,(H,25,26,27). The average molecular weight is 398 g/mol. The summed E-state index contributed by atoms with van der Waals surface area (Å²) < 4.78 is 0. The summed E-state index contributed by atoms with van der Waals surface area (Å²) in [6.07, 6.45) is 1.37. The molecule has 0 saturated carbocycles. The third kappa shape index (κ3) is 4.62. The summed E-state index contributed by atoms with van der Waals surface area (Å²) in [6.45, 7) is 3.87. The smallest absolute Gasteiger partial charge is 0.272 e. The van der Waals surface area contributed by atoms with Crippen LogP contribution in [-0.4, -0.2) is 51.9 Å². The van der Waals surface area contributed by atoms with Gasteiger partial charge in [-0.1, -0.05) is 42.5 Å². The number of piperazine rings is 1. The molecular formula is C23H22N6O. The van der Waals surface area contributed by atoms with Crippen LogP contribution in [0.2, 0.25) is 0 Å². The van der Waals surface area contributed by atoms with Crippen LogP contribution in [-0.2, 0) is 6.54 Å². The Labute approximate surface area is 175 Å². The van der Waals surface area contributed by atoms with Crippen LogP contribution in [0.5, 0.6) is 0 Å². The van der Waals surface area contributed by atoms with Gasteiger partial charge >= 0.3 is 0 Å². The van der Waals surface area contributed by atoms with E-state index >= 15 is 0 Å². The summed E-state index contributed by atoms with van der Waals surface area (Å²) in [6, 6.07) is 21.3. The van der Waals surface area contributed by atoms with Crippen LogP contribution in [0, 0.1) is 11.3 Å². The van der Waals surface area contributed by atoms with Crippen molar-refractivity contribution in [1.82, 2.24) is 19.8 Å². The number of anilines is 2. The number of nitriles is 1. The third-order valence-corrected chi connectivity index (χ3v) is 5.10. The molecule has 2 aromatic carbocycles. The molecule has 1 aliphatic heterocycles. The second-order valence-electron chi connectivity index (χ2n) is 7.12. The number of nitrogens with one attached hydrogen (secondary N) is 1. The van der Waals surface area contributed by atoms with Crippen molar-refractivity contribution in [1.29, 1.82) is 5.26 Å². The van der Waals surface area contributed by atoms with Crippen LogP contribution >= 0.6 is 0 Å². The highest BCUT2D eigenvalue weighted by atomic mass is 16.2. The number of carbonyl (C=O) groups excluding carboxylic acids is 1. The summed E-state index contributed by atoms with van der Waals surface area (Å²) in [5.41, 5.74) is 2.78. The van der Waals surface area contributed by atoms with Gasteiger partial charge in [0.25, 0.3) is 5.91 Å². The Morgan fingerprint density at radius 2 is 1.73 bits per heavy atom. The molecule has 2 heterocycles. The van der Waals surface area contributed by atoms with E-state index in [1.54, 1.807) is 24.3 Å². The zero-order chi connectivity index (χ0) is 20.8. The Kier molecular flexibility index (Phi) is 5.97. The highest BCUT2D eigenvalue weighted by molar-refractivity contribution is 5.93. The zero-order valence-corrected chi connectivity index (χ0v) is 16.5. The minimum absolute atomic E-state index is 0.103. The van der Waals surface area contributed by atoms with Gasteiger partial charge in [0, 0.05) is 38.8 Å². The highest BCUT2D eigenvalue weighted by Gasteiger charge is 2.23. The fraction of sp³-hybridized carbons (Fsp3) is 0.217. The first kappa shape index (κ1) is 19.6. The van der Waals surface area contributed by atoms with Gasteiger partial charge in [-0.3, -0.25) is 9.69 Å². The van der Waals surface area contributed by atoms with Gasteiger partial charge in [0.15, 0.2) is 0 Å². The molecule has 7 heteroatoms. The van der Waals surface area contributed by atoms with E-state index in [4.69, 9.17) is 0 Å². The maximum atomic E-state index is 12.9. The Bertz CT molecular complexity index is 1050. The number of nitrogens with zero attached hydrogens (tertiary/aromatic N) is 5. The summed E-state index contributed by atoms with van der Waals surface area (Å²) in [5.74, 6) is 0.382. The lowest BCUT2D eigenvalue weighted by Gasteiger charge is -2.34. The van der Waals surface area contributed by atoms with E-state index in [0.29, 0.717) is 35.9 Å². The second-order valence-corrected chi connectivity index (χ2v) is 7.12. The van der Waals surface area contributed by atoms with E-state index in [9.17, 15) is 10.1 Å². The normalized spacial score (nSPS) is 14.2. The van der Waals surface area contributed by atoms with Gasteiger partial charge in [-0.2, -0.15) is 5.26 Å². The van der Waals surface area contributed by atoms with Gasteiger partial charge in [-0.25, -0.2) is 9.97 Å². The van der Waals surface area contributed by atoms with Crippen LogP contribution in [0.3, 0.4) is 0 Å². The molecule has 0 bridgehead atoms. The molecule has 0 unspecified atom stereocenters. The summed E-state index contributed by atoms with van der Waals surface area (Å²) >= 11 is 0. The summed E-state index contributed by atoms with van der Waals surface area (Å²) in [7, 11) is 0. The fourth-order valence-corrected chi connectivity index (χ4v) is 3.48. The van der Waals surface area contributed by atoms with E-state index in [1.165, 1.54) is 11.9 Å². The van der Waals surface area contributed by atoms with Crippen LogP contribution in [0.25, 0.3) is 0 Å². The van der Waals surface area contributed by atoms with E-state index in [-0.39, 0.29) is 5.91 Å². The number of aromatic nitrogens is 2. The van der Waals surface area contributed by atoms with Gasteiger partial charge in [-0.05, 0) is 17.7 Å². The molecule has 1 saturated heterocycles. The SMILES string of the molecule is N#Cc1ccccc1Nc1cc(C(=O)N2CCN(Cc3ccccc3)CC2)ncn1. The highest BCUT2D eigenvalue weighted by Crippen LogP contribution is 2.19. The zero-order valence-electron chi connectivity index (χ0n) is 16.5. The van der Waals surface area contributed by atoms with Gasteiger partial charge < -0.3 is 10.2 Å². The van der Waals surface area contributed by atoms with Crippen molar-refractivity contribution < 1.29 is 4.79 Å².